The van der Waals surface area contributed by atoms with Gasteiger partial charge in [0.15, 0.2) is 5.16 Å². The highest BCUT2D eigenvalue weighted by molar-refractivity contribution is 7.98. The van der Waals surface area contributed by atoms with Gasteiger partial charge in [-0.1, -0.05) is 35.5 Å². The predicted molar refractivity (Wildman–Crippen MR) is 132 cm³/mol. The molecule has 9 nitrogen and oxygen atoms in total. The van der Waals surface area contributed by atoms with Crippen molar-refractivity contribution in [3.05, 3.63) is 63.2 Å². The summed E-state index contributed by atoms with van der Waals surface area (Å²) < 4.78 is 7.08. The van der Waals surface area contributed by atoms with Crippen molar-refractivity contribution in [3.63, 3.8) is 0 Å². The van der Waals surface area contributed by atoms with Crippen molar-refractivity contribution in [2.24, 2.45) is 0 Å². The zero-order valence-corrected chi connectivity index (χ0v) is 20.1. The van der Waals surface area contributed by atoms with Crippen molar-refractivity contribution < 1.29 is 4.74 Å². The van der Waals surface area contributed by atoms with E-state index in [0.29, 0.717) is 50.0 Å². The monoisotopic (exact) mass is 483 g/mol. The Kier molecular flexibility index (Phi) is 6.39. The van der Waals surface area contributed by atoms with E-state index in [9.17, 15) is 4.79 Å². The quantitative estimate of drug-likeness (QED) is 0.325. The third-order valence-corrected chi connectivity index (χ3v) is 6.21. The predicted octanol–water partition coefficient (Wildman–Crippen LogP) is 3.48. The molecule has 0 unspecified atom stereocenters. The number of thioether (sulfide) groups is 1. The number of benzene rings is 2. The van der Waals surface area contributed by atoms with E-state index in [2.05, 4.69) is 15.0 Å². The van der Waals surface area contributed by atoms with E-state index >= 15 is 0 Å². The zero-order valence-electron chi connectivity index (χ0n) is 18.5. The number of fused-ring (bicyclic) bond motifs is 1. The molecule has 0 radical (unpaired) electrons. The number of hydrogen-bond acceptors (Lipinski definition) is 9. The van der Waals surface area contributed by atoms with Crippen LogP contribution in [0.15, 0.2) is 46.3 Å². The summed E-state index contributed by atoms with van der Waals surface area (Å²) in [7, 11) is 5.18. The fourth-order valence-electron chi connectivity index (χ4n) is 3.23. The number of nitrogen functional groups attached to an aromatic ring is 1. The molecule has 170 valence electrons. The molecule has 0 aliphatic rings. The summed E-state index contributed by atoms with van der Waals surface area (Å²) in [6, 6.07) is 10.7. The molecule has 0 atom stereocenters. The van der Waals surface area contributed by atoms with Crippen LogP contribution in [0.4, 0.5) is 11.9 Å². The Balaban J connectivity index is 1.87. The second-order valence-electron chi connectivity index (χ2n) is 7.42. The number of rotatable bonds is 6. The average Bonchev–Trinajstić information content (AvgIpc) is 2.79. The molecule has 4 aromatic rings. The van der Waals surface area contributed by atoms with Crippen LogP contribution in [0, 0.1) is 6.92 Å². The first-order valence-corrected chi connectivity index (χ1v) is 11.3. The summed E-state index contributed by atoms with van der Waals surface area (Å²) in [5.41, 5.74) is 7.59. The van der Waals surface area contributed by atoms with E-state index in [1.807, 2.05) is 39.2 Å². The SMILES string of the molecule is COc1cc(Cl)c(C)cc1-n1c(SCc2nc(N)nc(N(C)C)n2)nc2ccccc2c1=O. The van der Waals surface area contributed by atoms with Gasteiger partial charge in [0.2, 0.25) is 11.9 Å². The fourth-order valence-corrected chi connectivity index (χ4v) is 4.24. The molecule has 2 heterocycles. The molecular weight excluding hydrogens is 462 g/mol. The minimum absolute atomic E-state index is 0.128. The van der Waals surface area contributed by atoms with E-state index in [1.165, 1.54) is 23.4 Å². The Labute approximate surface area is 199 Å². The van der Waals surface area contributed by atoms with Gasteiger partial charge in [-0.2, -0.15) is 15.0 Å². The van der Waals surface area contributed by atoms with Crippen LogP contribution >= 0.6 is 23.4 Å². The van der Waals surface area contributed by atoms with Crippen LogP contribution in [0.1, 0.15) is 11.4 Å². The van der Waals surface area contributed by atoms with Gasteiger partial charge in [-0.25, -0.2) is 4.98 Å². The fraction of sp³-hybridized carbons (Fsp3) is 0.227. The third kappa shape index (κ3) is 4.57. The molecule has 0 fully saturated rings. The first kappa shape index (κ1) is 22.8. The number of nitrogens with two attached hydrogens (primary N) is 1. The lowest BCUT2D eigenvalue weighted by molar-refractivity contribution is 0.411. The maximum absolute atomic E-state index is 13.6. The van der Waals surface area contributed by atoms with E-state index in [-0.39, 0.29) is 11.5 Å². The number of aryl methyl sites for hydroxylation is 1. The van der Waals surface area contributed by atoms with E-state index in [4.69, 9.17) is 27.1 Å². The van der Waals surface area contributed by atoms with Crippen molar-refractivity contribution in [1.29, 1.82) is 0 Å². The maximum atomic E-state index is 13.6. The summed E-state index contributed by atoms with van der Waals surface area (Å²) >= 11 is 7.62. The van der Waals surface area contributed by atoms with E-state index in [0.717, 1.165) is 5.56 Å². The molecule has 4 rings (SSSR count). The van der Waals surface area contributed by atoms with Crippen LogP contribution in [0.2, 0.25) is 5.02 Å². The highest BCUT2D eigenvalue weighted by Gasteiger charge is 2.19. The van der Waals surface area contributed by atoms with Gasteiger partial charge in [0.05, 0.1) is 29.5 Å². The second-order valence-corrected chi connectivity index (χ2v) is 8.77. The van der Waals surface area contributed by atoms with E-state index < -0.39 is 0 Å². The Morgan fingerprint density at radius 1 is 1.15 bits per heavy atom. The van der Waals surface area contributed by atoms with Gasteiger partial charge in [0, 0.05) is 25.2 Å². The first-order chi connectivity index (χ1) is 15.8. The maximum Gasteiger partial charge on any atom is 0.266 e. The molecular formula is C22H22ClN7O2S. The standard InChI is InChI=1S/C22H22ClN7O2S/c1-12-9-16(17(32-4)10-14(12)23)30-19(31)13-7-5-6-8-15(13)25-22(30)33-11-18-26-20(24)28-21(27-18)29(2)3/h5-10H,11H2,1-4H3,(H2,24,26,27,28). The van der Waals surface area contributed by atoms with Gasteiger partial charge in [-0.3, -0.25) is 9.36 Å². The summed E-state index contributed by atoms with van der Waals surface area (Å²) in [6.45, 7) is 1.87. The number of hydrogen-bond donors (Lipinski definition) is 1. The van der Waals surface area contributed by atoms with Crippen molar-refractivity contribution >= 4 is 46.2 Å². The number of nitrogens with zero attached hydrogens (tertiary/aromatic N) is 6. The molecule has 0 saturated carbocycles. The third-order valence-electron chi connectivity index (χ3n) is 4.86. The largest absolute Gasteiger partial charge is 0.495 e. The minimum atomic E-state index is -0.215. The van der Waals surface area contributed by atoms with Crippen LogP contribution in [0.25, 0.3) is 16.6 Å². The van der Waals surface area contributed by atoms with Gasteiger partial charge in [-0.15, -0.1) is 0 Å². The lowest BCUT2D eigenvalue weighted by Crippen LogP contribution is -2.22. The second kappa shape index (κ2) is 9.24. The summed E-state index contributed by atoms with van der Waals surface area (Å²) in [5.74, 6) is 1.85. The molecule has 2 N–H and O–H groups in total. The number of para-hydroxylation sites is 1. The van der Waals surface area contributed by atoms with Crippen LogP contribution in [-0.4, -0.2) is 45.7 Å². The topological polar surface area (TPSA) is 112 Å². The Morgan fingerprint density at radius 2 is 1.91 bits per heavy atom. The number of anilines is 2. The molecule has 0 amide bonds. The highest BCUT2D eigenvalue weighted by Crippen LogP contribution is 2.32. The molecule has 11 heteroatoms. The smallest absolute Gasteiger partial charge is 0.266 e. The molecule has 0 spiro atoms. The average molecular weight is 484 g/mol. The van der Waals surface area contributed by atoms with Crippen LogP contribution in [0.3, 0.4) is 0 Å². The van der Waals surface area contributed by atoms with Crippen molar-refractivity contribution in [2.75, 3.05) is 31.8 Å². The molecule has 0 aliphatic carbocycles. The lowest BCUT2D eigenvalue weighted by atomic mass is 10.2. The van der Waals surface area contributed by atoms with Gasteiger partial charge in [-0.05, 0) is 30.7 Å². The summed E-state index contributed by atoms with van der Waals surface area (Å²) in [4.78, 5) is 32.9. The van der Waals surface area contributed by atoms with Crippen molar-refractivity contribution in [3.8, 4) is 11.4 Å². The number of aromatic nitrogens is 5. The van der Waals surface area contributed by atoms with E-state index in [1.54, 1.807) is 23.1 Å². The van der Waals surface area contributed by atoms with Crippen molar-refractivity contribution in [1.82, 2.24) is 24.5 Å². The Morgan fingerprint density at radius 3 is 2.64 bits per heavy atom. The van der Waals surface area contributed by atoms with Gasteiger partial charge >= 0.3 is 0 Å². The Hall–Kier alpha value is -3.37. The molecule has 2 aromatic carbocycles. The zero-order chi connectivity index (χ0) is 23.7. The summed E-state index contributed by atoms with van der Waals surface area (Å²) in [5, 5.41) is 1.50. The van der Waals surface area contributed by atoms with Crippen LogP contribution in [0.5, 0.6) is 5.75 Å². The number of ether oxygens (including phenoxy) is 1. The van der Waals surface area contributed by atoms with Gasteiger partial charge in [0.25, 0.3) is 5.56 Å². The number of halogens is 1. The van der Waals surface area contributed by atoms with Gasteiger partial charge in [0.1, 0.15) is 11.6 Å². The van der Waals surface area contributed by atoms with Crippen molar-refractivity contribution in [2.45, 2.75) is 17.8 Å². The number of methoxy groups -OCH3 is 1. The Bertz CT molecular complexity index is 1410. The van der Waals surface area contributed by atoms with Gasteiger partial charge < -0.3 is 15.4 Å². The van der Waals surface area contributed by atoms with Crippen LogP contribution < -0.4 is 20.9 Å². The molecule has 33 heavy (non-hydrogen) atoms. The molecule has 0 saturated heterocycles. The molecule has 0 aliphatic heterocycles. The minimum Gasteiger partial charge on any atom is -0.495 e. The van der Waals surface area contributed by atoms with Crippen LogP contribution in [-0.2, 0) is 5.75 Å². The normalized spacial score (nSPS) is 11.1. The first-order valence-electron chi connectivity index (χ1n) is 9.95. The summed E-state index contributed by atoms with van der Waals surface area (Å²) in [6.07, 6.45) is 0. The molecule has 2 aromatic heterocycles. The molecule has 0 bridgehead atoms. The highest BCUT2D eigenvalue weighted by atomic mass is 35.5. The lowest BCUT2D eigenvalue weighted by Gasteiger charge is -2.17.